The number of hydrogen-bond acceptors (Lipinski definition) is 3. The minimum Gasteiger partial charge on any atom is -0.225 e. The topological polar surface area (TPSA) is 42.6 Å². The van der Waals surface area contributed by atoms with E-state index in [1.807, 2.05) is 19.3 Å². The summed E-state index contributed by atoms with van der Waals surface area (Å²) in [6.45, 7) is 2.12. The van der Waals surface area contributed by atoms with E-state index in [2.05, 4.69) is 56.8 Å². The maximum atomic E-state index is 4.20. The summed E-state index contributed by atoms with van der Waals surface area (Å²) in [6.07, 6.45) is 5.06. The number of aromatic nitrogens is 4. The second-order valence-electron chi connectivity index (χ2n) is 4.69. The normalized spacial score (nSPS) is 10.5. The zero-order chi connectivity index (χ0) is 13.9. The van der Waals surface area contributed by atoms with Crippen molar-refractivity contribution in [2.24, 2.45) is 7.05 Å². The molecule has 3 rings (SSSR count). The van der Waals surface area contributed by atoms with Gasteiger partial charge < -0.3 is 0 Å². The Morgan fingerprint density at radius 1 is 1.00 bits per heavy atom. The van der Waals surface area contributed by atoms with Crippen LogP contribution in [0.25, 0.3) is 22.6 Å². The highest BCUT2D eigenvalue weighted by molar-refractivity contribution is 5.66. The molecule has 0 atom stereocenters. The summed E-state index contributed by atoms with van der Waals surface area (Å²) in [7, 11) is 2.04. The average molecular weight is 263 g/mol. The summed E-state index contributed by atoms with van der Waals surface area (Å²) in [6, 6.07) is 12.5. The highest BCUT2D eigenvalue weighted by Gasteiger charge is 2.14. The first-order valence-corrected chi connectivity index (χ1v) is 6.44. The molecule has 0 saturated heterocycles. The van der Waals surface area contributed by atoms with Crippen LogP contribution in [0, 0.1) is 6.92 Å². The van der Waals surface area contributed by atoms with Crippen LogP contribution in [0.15, 0.2) is 55.2 Å². The Bertz CT molecular complexity index is 738. The molecule has 0 fully saturated rings. The lowest BCUT2D eigenvalue weighted by Gasteiger charge is -2.05. The van der Waals surface area contributed by atoms with Gasteiger partial charge in [0.25, 0.3) is 0 Å². The molecule has 20 heavy (non-hydrogen) atoms. The van der Waals surface area contributed by atoms with Gasteiger partial charge in [0.2, 0.25) is 5.69 Å². The lowest BCUT2D eigenvalue weighted by atomic mass is 10.0. The first kappa shape index (κ1) is 12.4. The van der Waals surface area contributed by atoms with Crippen LogP contribution >= 0.6 is 0 Å². The van der Waals surface area contributed by atoms with Crippen LogP contribution in [0.3, 0.4) is 0 Å². The molecule has 4 heteroatoms. The first-order valence-electron chi connectivity index (χ1n) is 6.44. The smallest absolute Gasteiger partial charge is 0.213 e. The Morgan fingerprint density at radius 2 is 1.75 bits per heavy atom. The Labute approximate surface area is 117 Å². The molecular formula is C16H15N4+. The third kappa shape index (κ3) is 2.28. The maximum Gasteiger partial charge on any atom is 0.213 e. The summed E-state index contributed by atoms with van der Waals surface area (Å²) >= 11 is 0. The van der Waals surface area contributed by atoms with Gasteiger partial charge in [0.1, 0.15) is 19.7 Å². The van der Waals surface area contributed by atoms with Crippen molar-refractivity contribution in [3.63, 3.8) is 0 Å². The molecule has 0 amide bonds. The van der Waals surface area contributed by atoms with Crippen LogP contribution in [-0.2, 0) is 7.05 Å². The van der Waals surface area contributed by atoms with Crippen LogP contribution in [0.2, 0.25) is 0 Å². The van der Waals surface area contributed by atoms with E-state index in [1.54, 1.807) is 0 Å². The van der Waals surface area contributed by atoms with Crippen LogP contribution in [0.1, 0.15) is 5.56 Å². The fourth-order valence-corrected chi connectivity index (χ4v) is 2.23. The molecule has 2 heterocycles. The quantitative estimate of drug-likeness (QED) is 0.666. The van der Waals surface area contributed by atoms with E-state index in [0.29, 0.717) is 5.82 Å². The lowest BCUT2D eigenvalue weighted by molar-refractivity contribution is -0.660. The molecule has 0 radical (unpaired) electrons. The van der Waals surface area contributed by atoms with Gasteiger partial charge in [-0.05, 0) is 18.6 Å². The van der Waals surface area contributed by atoms with Gasteiger partial charge in [-0.15, -0.1) is 0 Å². The summed E-state index contributed by atoms with van der Waals surface area (Å²) in [5, 5.41) is 0. The van der Waals surface area contributed by atoms with Gasteiger partial charge in [0, 0.05) is 23.3 Å². The Balaban J connectivity index is 2.15. The number of rotatable bonds is 2. The second kappa shape index (κ2) is 5.17. The molecule has 0 N–H and O–H groups in total. The van der Waals surface area contributed by atoms with Gasteiger partial charge in [-0.3, -0.25) is 0 Å². The van der Waals surface area contributed by atoms with Gasteiger partial charge in [0.05, 0.1) is 0 Å². The molecule has 0 unspecified atom stereocenters. The van der Waals surface area contributed by atoms with Gasteiger partial charge >= 0.3 is 0 Å². The van der Waals surface area contributed by atoms with Crippen molar-refractivity contribution in [1.29, 1.82) is 0 Å². The summed E-state index contributed by atoms with van der Waals surface area (Å²) in [4.78, 5) is 12.3. The number of pyridine rings is 1. The van der Waals surface area contributed by atoms with E-state index in [4.69, 9.17) is 0 Å². The van der Waals surface area contributed by atoms with Crippen LogP contribution < -0.4 is 4.57 Å². The van der Waals surface area contributed by atoms with Crippen molar-refractivity contribution in [2.75, 3.05) is 0 Å². The average Bonchev–Trinajstić information content (AvgIpc) is 2.49. The molecule has 0 aliphatic heterocycles. The molecule has 0 aliphatic carbocycles. The molecular weight excluding hydrogens is 248 g/mol. The highest BCUT2D eigenvalue weighted by atomic mass is 15.0. The van der Waals surface area contributed by atoms with Gasteiger partial charge in [-0.1, -0.05) is 18.2 Å². The molecule has 3 aromatic rings. The van der Waals surface area contributed by atoms with Crippen molar-refractivity contribution >= 4 is 0 Å². The fraction of sp³-hybridized carbons (Fsp3) is 0.125. The van der Waals surface area contributed by atoms with Crippen LogP contribution in [0.4, 0.5) is 0 Å². The van der Waals surface area contributed by atoms with Crippen molar-refractivity contribution < 1.29 is 4.57 Å². The molecule has 98 valence electrons. The first-order chi connectivity index (χ1) is 9.75. The predicted molar refractivity (Wildman–Crippen MR) is 76.6 cm³/mol. The molecule has 0 aliphatic rings. The zero-order valence-electron chi connectivity index (χ0n) is 11.5. The molecule has 4 nitrogen and oxygen atoms in total. The van der Waals surface area contributed by atoms with Crippen molar-refractivity contribution in [3.8, 4) is 22.6 Å². The van der Waals surface area contributed by atoms with Crippen LogP contribution in [-0.4, -0.2) is 15.0 Å². The SMILES string of the molecule is Cc1ccccc1-c1cc(-c2ncncn2)cc[n+]1C. The van der Waals surface area contributed by atoms with E-state index < -0.39 is 0 Å². The van der Waals surface area contributed by atoms with Crippen molar-refractivity contribution in [3.05, 3.63) is 60.8 Å². The summed E-state index contributed by atoms with van der Waals surface area (Å²) in [5.74, 6) is 0.690. The standard InChI is InChI=1S/C16H15N4/c1-12-5-3-4-6-14(12)15-9-13(7-8-20(15)2)16-18-10-17-11-19-16/h3-11H,1-2H3/q+1. The third-order valence-corrected chi connectivity index (χ3v) is 3.32. The minimum atomic E-state index is 0.690. The minimum absolute atomic E-state index is 0.690. The van der Waals surface area contributed by atoms with Crippen molar-refractivity contribution in [1.82, 2.24) is 15.0 Å². The van der Waals surface area contributed by atoms with E-state index in [0.717, 1.165) is 11.3 Å². The van der Waals surface area contributed by atoms with Crippen LogP contribution in [0.5, 0.6) is 0 Å². The fourth-order valence-electron chi connectivity index (χ4n) is 2.23. The highest BCUT2D eigenvalue weighted by Crippen LogP contribution is 2.23. The van der Waals surface area contributed by atoms with E-state index in [-0.39, 0.29) is 0 Å². The maximum absolute atomic E-state index is 4.20. The molecule has 0 bridgehead atoms. The molecule has 0 spiro atoms. The molecule has 1 aromatic carbocycles. The van der Waals surface area contributed by atoms with E-state index in [9.17, 15) is 0 Å². The third-order valence-electron chi connectivity index (χ3n) is 3.32. The molecule has 2 aromatic heterocycles. The lowest BCUT2D eigenvalue weighted by Crippen LogP contribution is -2.30. The van der Waals surface area contributed by atoms with E-state index in [1.165, 1.54) is 23.8 Å². The largest absolute Gasteiger partial charge is 0.225 e. The van der Waals surface area contributed by atoms with Gasteiger partial charge in [0.15, 0.2) is 12.0 Å². The zero-order valence-corrected chi connectivity index (χ0v) is 11.5. The van der Waals surface area contributed by atoms with E-state index >= 15 is 0 Å². The van der Waals surface area contributed by atoms with Crippen molar-refractivity contribution in [2.45, 2.75) is 6.92 Å². The van der Waals surface area contributed by atoms with Gasteiger partial charge in [-0.2, -0.15) is 0 Å². The molecule has 0 saturated carbocycles. The Hall–Kier alpha value is -2.62. The summed E-state index contributed by atoms with van der Waals surface area (Å²) in [5.41, 5.74) is 4.59. The predicted octanol–water partition coefficient (Wildman–Crippen LogP) is 2.34. The second-order valence-corrected chi connectivity index (χ2v) is 4.69. The van der Waals surface area contributed by atoms with Gasteiger partial charge in [-0.25, -0.2) is 19.5 Å². The Kier molecular flexibility index (Phi) is 3.21. The monoisotopic (exact) mass is 263 g/mol. The summed E-state index contributed by atoms with van der Waals surface area (Å²) < 4.78 is 2.10. The number of benzene rings is 1. The number of hydrogen-bond donors (Lipinski definition) is 0. The number of nitrogens with zero attached hydrogens (tertiary/aromatic N) is 4. The Morgan fingerprint density at radius 3 is 2.50 bits per heavy atom. The number of aryl methyl sites for hydroxylation is 2.